The van der Waals surface area contributed by atoms with Crippen LogP contribution in [0.2, 0.25) is 0 Å². The first-order valence-corrected chi connectivity index (χ1v) is 10.3. The van der Waals surface area contributed by atoms with Crippen molar-refractivity contribution in [3.05, 3.63) is 29.6 Å². The van der Waals surface area contributed by atoms with Gasteiger partial charge in [-0.25, -0.2) is 13.4 Å². The van der Waals surface area contributed by atoms with Crippen molar-refractivity contribution in [1.29, 1.82) is 0 Å². The first kappa shape index (κ1) is 15.6. The van der Waals surface area contributed by atoms with E-state index in [0.29, 0.717) is 11.6 Å². The Hall–Kier alpha value is -1.93. The lowest BCUT2D eigenvalue weighted by atomic mass is 10.1. The van der Waals surface area contributed by atoms with Crippen molar-refractivity contribution < 1.29 is 17.9 Å². The highest BCUT2D eigenvalue weighted by atomic mass is 32.2. The van der Waals surface area contributed by atoms with E-state index < -0.39 is 9.84 Å². The zero-order valence-electron chi connectivity index (χ0n) is 13.0. The fourth-order valence-corrected chi connectivity index (χ4v) is 6.38. The number of carbonyl (C=O) groups is 1. The van der Waals surface area contributed by atoms with Crippen molar-refractivity contribution in [2.45, 2.75) is 12.5 Å². The SMILES string of the molecule is COc1ccc(-c2csc(N3C(=O)CC4CS(=O)(=O)CC43)n2)cc1. The predicted molar refractivity (Wildman–Crippen MR) is 92.1 cm³/mol. The van der Waals surface area contributed by atoms with E-state index in [9.17, 15) is 13.2 Å². The first-order chi connectivity index (χ1) is 11.5. The van der Waals surface area contributed by atoms with Crippen LogP contribution in [0.15, 0.2) is 29.6 Å². The van der Waals surface area contributed by atoms with Gasteiger partial charge in [0.2, 0.25) is 5.91 Å². The third-order valence-corrected chi connectivity index (χ3v) is 7.18. The van der Waals surface area contributed by atoms with Crippen molar-refractivity contribution in [3.63, 3.8) is 0 Å². The number of sulfone groups is 1. The van der Waals surface area contributed by atoms with Crippen LogP contribution in [0.25, 0.3) is 11.3 Å². The second kappa shape index (κ2) is 5.56. The molecule has 8 heteroatoms. The summed E-state index contributed by atoms with van der Waals surface area (Å²) < 4.78 is 28.8. The molecule has 1 aromatic carbocycles. The molecule has 2 aromatic rings. The van der Waals surface area contributed by atoms with Crippen molar-refractivity contribution in [3.8, 4) is 17.0 Å². The van der Waals surface area contributed by atoms with Crippen molar-refractivity contribution >= 4 is 32.2 Å². The molecule has 0 spiro atoms. The van der Waals surface area contributed by atoms with Gasteiger partial charge in [0, 0.05) is 23.3 Å². The number of ether oxygens (including phenoxy) is 1. The minimum absolute atomic E-state index is 0.0319. The van der Waals surface area contributed by atoms with Crippen LogP contribution in [-0.2, 0) is 14.6 Å². The number of hydrogen-bond donors (Lipinski definition) is 0. The third-order valence-electron chi connectivity index (χ3n) is 4.56. The normalized spacial score (nSPS) is 25.0. The summed E-state index contributed by atoms with van der Waals surface area (Å²) in [5.41, 5.74) is 1.70. The minimum atomic E-state index is -3.05. The van der Waals surface area contributed by atoms with E-state index in [1.165, 1.54) is 11.3 Å². The van der Waals surface area contributed by atoms with Crippen molar-refractivity contribution in [2.24, 2.45) is 5.92 Å². The Morgan fingerprint density at radius 3 is 2.71 bits per heavy atom. The summed E-state index contributed by atoms with van der Waals surface area (Å²) in [6.07, 6.45) is 0.293. The zero-order valence-corrected chi connectivity index (χ0v) is 14.6. The molecule has 24 heavy (non-hydrogen) atoms. The van der Waals surface area contributed by atoms with E-state index in [1.807, 2.05) is 29.6 Å². The molecule has 2 atom stereocenters. The third kappa shape index (κ3) is 2.59. The maximum absolute atomic E-state index is 12.3. The Labute approximate surface area is 144 Å². The average molecular weight is 364 g/mol. The summed E-state index contributed by atoms with van der Waals surface area (Å²) >= 11 is 1.37. The van der Waals surface area contributed by atoms with Gasteiger partial charge in [-0.05, 0) is 24.3 Å². The molecule has 126 valence electrons. The van der Waals surface area contributed by atoms with Gasteiger partial charge in [0.15, 0.2) is 15.0 Å². The molecule has 1 amide bonds. The summed E-state index contributed by atoms with van der Waals surface area (Å²) in [7, 11) is -1.44. The summed E-state index contributed by atoms with van der Waals surface area (Å²) in [4.78, 5) is 18.5. The second-order valence-corrected chi connectivity index (χ2v) is 9.11. The maximum atomic E-state index is 12.3. The Morgan fingerprint density at radius 2 is 2.00 bits per heavy atom. The molecule has 0 radical (unpaired) electrons. The Bertz CT molecular complexity index is 889. The first-order valence-electron chi connectivity index (χ1n) is 7.59. The van der Waals surface area contributed by atoms with Crippen LogP contribution in [-0.4, -0.2) is 44.0 Å². The number of thiazole rings is 1. The molecule has 6 nitrogen and oxygen atoms in total. The zero-order chi connectivity index (χ0) is 16.9. The minimum Gasteiger partial charge on any atom is -0.497 e. The van der Waals surface area contributed by atoms with Gasteiger partial charge in [-0.2, -0.15) is 0 Å². The van der Waals surface area contributed by atoms with Gasteiger partial charge in [0.05, 0.1) is 30.4 Å². The lowest BCUT2D eigenvalue weighted by molar-refractivity contribution is -0.117. The van der Waals surface area contributed by atoms with Crippen LogP contribution in [0.5, 0.6) is 5.75 Å². The topological polar surface area (TPSA) is 76.6 Å². The van der Waals surface area contributed by atoms with E-state index >= 15 is 0 Å². The van der Waals surface area contributed by atoms with Crippen LogP contribution in [0.1, 0.15) is 6.42 Å². The predicted octanol–water partition coefficient (Wildman–Crippen LogP) is 1.97. The summed E-state index contributed by atoms with van der Waals surface area (Å²) in [5, 5.41) is 2.47. The van der Waals surface area contributed by atoms with Crippen LogP contribution >= 0.6 is 11.3 Å². The van der Waals surface area contributed by atoms with Crippen LogP contribution in [0, 0.1) is 5.92 Å². The number of carbonyl (C=O) groups excluding carboxylic acids is 1. The highest BCUT2D eigenvalue weighted by Gasteiger charge is 2.50. The van der Waals surface area contributed by atoms with Gasteiger partial charge in [-0.1, -0.05) is 0 Å². The Balaban J connectivity index is 1.63. The quantitative estimate of drug-likeness (QED) is 0.832. The van der Waals surface area contributed by atoms with Crippen LogP contribution < -0.4 is 9.64 Å². The van der Waals surface area contributed by atoms with E-state index in [-0.39, 0.29) is 29.4 Å². The molecule has 2 aliphatic rings. The lowest BCUT2D eigenvalue weighted by Crippen LogP contribution is -2.36. The average Bonchev–Trinajstić information content (AvgIpc) is 3.19. The van der Waals surface area contributed by atoms with E-state index in [1.54, 1.807) is 12.0 Å². The van der Waals surface area contributed by atoms with Gasteiger partial charge >= 0.3 is 0 Å². The maximum Gasteiger partial charge on any atom is 0.229 e. The number of methoxy groups -OCH3 is 1. The largest absolute Gasteiger partial charge is 0.497 e. The molecule has 0 bridgehead atoms. The molecule has 1 aromatic heterocycles. The van der Waals surface area contributed by atoms with Crippen LogP contribution in [0.3, 0.4) is 0 Å². The summed E-state index contributed by atoms with van der Waals surface area (Å²) in [6, 6.07) is 7.26. The number of nitrogens with zero attached hydrogens (tertiary/aromatic N) is 2. The van der Waals surface area contributed by atoms with Gasteiger partial charge in [-0.15, -0.1) is 11.3 Å². The van der Waals surface area contributed by atoms with E-state index in [4.69, 9.17) is 4.74 Å². The molecule has 2 saturated heterocycles. The van der Waals surface area contributed by atoms with Crippen LogP contribution in [0.4, 0.5) is 5.13 Å². The highest BCUT2D eigenvalue weighted by molar-refractivity contribution is 7.91. The van der Waals surface area contributed by atoms with Crippen molar-refractivity contribution in [1.82, 2.24) is 4.98 Å². The van der Waals surface area contributed by atoms with E-state index in [2.05, 4.69) is 4.98 Å². The molecule has 2 unspecified atom stereocenters. The van der Waals surface area contributed by atoms with Gasteiger partial charge in [-0.3, -0.25) is 9.69 Å². The molecule has 0 aliphatic carbocycles. The summed E-state index contributed by atoms with van der Waals surface area (Å²) in [5.74, 6) is 0.784. The molecule has 2 fully saturated rings. The number of anilines is 1. The van der Waals surface area contributed by atoms with Gasteiger partial charge in [0.1, 0.15) is 5.75 Å². The van der Waals surface area contributed by atoms with Gasteiger partial charge in [0.25, 0.3) is 0 Å². The van der Waals surface area contributed by atoms with Crippen molar-refractivity contribution in [2.75, 3.05) is 23.5 Å². The molecule has 4 rings (SSSR count). The Morgan fingerprint density at radius 1 is 1.25 bits per heavy atom. The molecule has 0 saturated carbocycles. The number of benzene rings is 1. The molecule has 0 N–H and O–H groups in total. The standard InChI is InChI=1S/C16H16N2O4S2/c1-22-12-4-2-10(3-5-12)13-7-23-16(17-13)18-14-9-24(20,21)8-11(14)6-15(18)19/h2-5,7,11,14H,6,8-9H2,1H3. The fraction of sp³-hybridized carbons (Fsp3) is 0.375. The monoisotopic (exact) mass is 364 g/mol. The Kier molecular flexibility index (Phi) is 3.61. The molecule has 3 heterocycles. The number of rotatable bonds is 3. The lowest BCUT2D eigenvalue weighted by Gasteiger charge is -2.19. The number of hydrogen-bond acceptors (Lipinski definition) is 6. The molecule has 2 aliphatic heterocycles. The second-order valence-electron chi connectivity index (χ2n) is 6.12. The molecular weight excluding hydrogens is 348 g/mol. The smallest absolute Gasteiger partial charge is 0.229 e. The number of fused-ring (bicyclic) bond motifs is 1. The number of aromatic nitrogens is 1. The fourth-order valence-electron chi connectivity index (χ4n) is 3.41. The summed E-state index contributed by atoms with van der Waals surface area (Å²) in [6.45, 7) is 0. The molecular formula is C16H16N2O4S2. The number of amides is 1. The van der Waals surface area contributed by atoms with E-state index in [0.717, 1.165) is 17.0 Å². The van der Waals surface area contributed by atoms with Gasteiger partial charge < -0.3 is 4.74 Å². The highest BCUT2D eigenvalue weighted by Crippen LogP contribution is 2.39.